The van der Waals surface area contributed by atoms with E-state index in [2.05, 4.69) is 32.7 Å². The highest BCUT2D eigenvalue weighted by atomic mass is 16.3. The molecule has 0 amide bonds. The van der Waals surface area contributed by atoms with E-state index in [-0.39, 0.29) is 0 Å². The fourth-order valence-electron chi connectivity index (χ4n) is 1.86. The number of rotatable bonds is 4. The Morgan fingerprint density at radius 2 is 1.87 bits per heavy atom. The first kappa shape index (κ1) is 12.1. The minimum atomic E-state index is 0.297. The van der Waals surface area contributed by atoms with Crippen LogP contribution in [0.15, 0.2) is 24.3 Å². The predicted molar refractivity (Wildman–Crippen MR) is 64.0 cm³/mol. The number of nitrogens with zero attached hydrogens (tertiary/aromatic N) is 1. The molecule has 0 radical (unpaired) electrons. The van der Waals surface area contributed by atoms with Crippen LogP contribution >= 0.6 is 0 Å². The summed E-state index contributed by atoms with van der Waals surface area (Å²) in [5.74, 6) is 0.400. The van der Waals surface area contributed by atoms with Gasteiger partial charge in [-0.05, 0) is 33.4 Å². The summed E-state index contributed by atoms with van der Waals surface area (Å²) >= 11 is 0. The van der Waals surface area contributed by atoms with Gasteiger partial charge in [0, 0.05) is 17.6 Å². The van der Waals surface area contributed by atoms with E-state index < -0.39 is 0 Å². The van der Waals surface area contributed by atoms with Gasteiger partial charge in [0.25, 0.3) is 0 Å². The second kappa shape index (κ2) is 5.17. The smallest absolute Gasteiger partial charge is 0.120 e. The molecule has 1 aromatic rings. The van der Waals surface area contributed by atoms with Crippen molar-refractivity contribution in [3.8, 4) is 5.75 Å². The molecule has 0 saturated heterocycles. The van der Waals surface area contributed by atoms with Crippen LogP contribution in [0.25, 0.3) is 0 Å². The first-order valence-electron chi connectivity index (χ1n) is 5.57. The van der Waals surface area contributed by atoms with Gasteiger partial charge in [0.1, 0.15) is 5.75 Å². The van der Waals surface area contributed by atoms with Crippen molar-refractivity contribution in [2.45, 2.75) is 39.3 Å². The summed E-state index contributed by atoms with van der Waals surface area (Å²) < 4.78 is 0. The molecule has 1 unspecified atom stereocenters. The van der Waals surface area contributed by atoms with Crippen LogP contribution in [0.5, 0.6) is 5.75 Å². The van der Waals surface area contributed by atoms with Crippen LogP contribution in [0.4, 0.5) is 0 Å². The number of para-hydroxylation sites is 1. The van der Waals surface area contributed by atoms with E-state index in [0.717, 1.165) is 12.0 Å². The van der Waals surface area contributed by atoms with Gasteiger partial charge < -0.3 is 5.11 Å². The maximum atomic E-state index is 9.82. The third-order valence-electron chi connectivity index (χ3n) is 2.99. The lowest BCUT2D eigenvalue weighted by atomic mass is 10.0. The quantitative estimate of drug-likeness (QED) is 0.819. The van der Waals surface area contributed by atoms with Gasteiger partial charge in [-0.1, -0.05) is 25.1 Å². The van der Waals surface area contributed by atoms with E-state index in [1.807, 2.05) is 18.2 Å². The summed E-state index contributed by atoms with van der Waals surface area (Å²) in [6.45, 7) is 6.49. The first-order chi connectivity index (χ1) is 7.07. The highest BCUT2D eigenvalue weighted by Gasteiger charge is 2.19. The Hall–Kier alpha value is -1.02. The molecule has 0 fully saturated rings. The van der Waals surface area contributed by atoms with Gasteiger partial charge in [0.2, 0.25) is 0 Å². The predicted octanol–water partition coefficient (Wildman–Crippen LogP) is 3.18. The highest BCUT2D eigenvalue weighted by Crippen LogP contribution is 2.30. The average molecular weight is 207 g/mol. The number of phenolic OH excluding ortho intramolecular Hbond substituents is 1. The second-order valence-electron chi connectivity index (χ2n) is 4.24. The molecule has 1 rings (SSSR count). The summed E-state index contributed by atoms with van der Waals surface area (Å²) in [4.78, 5) is 2.29. The van der Waals surface area contributed by atoms with Gasteiger partial charge in [-0.2, -0.15) is 0 Å². The number of phenols is 1. The summed E-state index contributed by atoms with van der Waals surface area (Å²) in [5, 5.41) is 9.82. The molecule has 1 atom stereocenters. The fourth-order valence-corrected chi connectivity index (χ4v) is 1.86. The van der Waals surface area contributed by atoms with Crippen LogP contribution in [-0.4, -0.2) is 23.1 Å². The Morgan fingerprint density at radius 1 is 1.27 bits per heavy atom. The Labute approximate surface area is 92.5 Å². The molecular weight excluding hydrogens is 186 g/mol. The highest BCUT2D eigenvalue weighted by molar-refractivity contribution is 5.34. The number of hydrogen-bond donors (Lipinski definition) is 1. The van der Waals surface area contributed by atoms with Crippen molar-refractivity contribution in [3.63, 3.8) is 0 Å². The topological polar surface area (TPSA) is 23.5 Å². The molecule has 84 valence electrons. The normalized spacial score (nSPS) is 13.5. The molecule has 0 saturated carbocycles. The molecule has 0 aliphatic rings. The molecule has 2 nitrogen and oxygen atoms in total. The first-order valence-corrected chi connectivity index (χ1v) is 5.57. The van der Waals surface area contributed by atoms with E-state index in [9.17, 15) is 5.11 Å². The minimum absolute atomic E-state index is 0.297. The molecule has 0 bridgehead atoms. The Balaban J connectivity index is 2.97. The van der Waals surface area contributed by atoms with Crippen LogP contribution < -0.4 is 0 Å². The zero-order chi connectivity index (χ0) is 11.4. The van der Waals surface area contributed by atoms with Crippen molar-refractivity contribution in [1.82, 2.24) is 4.90 Å². The number of aromatic hydroxyl groups is 1. The van der Waals surface area contributed by atoms with Crippen molar-refractivity contribution in [2.24, 2.45) is 0 Å². The van der Waals surface area contributed by atoms with Crippen LogP contribution in [0.2, 0.25) is 0 Å². The summed E-state index contributed by atoms with van der Waals surface area (Å²) in [7, 11) is 2.10. The Kier molecular flexibility index (Phi) is 4.15. The van der Waals surface area contributed by atoms with Crippen molar-refractivity contribution in [1.29, 1.82) is 0 Å². The molecule has 0 heterocycles. The Bertz CT molecular complexity index is 309. The van der Waals surface area contributed by atoms with Crippen molar-refractivity contribution >= 4 is 0 Å². The van der Waals surface area contributed by atoms with Gasteiger partial charge in [-0.15, -0.1) is 0 Å². The van der Waals surface area contributed by atoms with Crippen LogP contribution in [-0.2, 0) is 0 Å². The number of hydrogen-bond acceptors (Lipinski definition) is 2. The molecule has 0 aliphatic heterocycles. The van der Waals surface area contributed by atoms with Gasteiger partial charge in [0.15, 0.2) is 0 Å². The maximum absolute atomic E-state index is 9.82. The van der Waals surface area contributed by atoms with Crippen LogP contribution in [0.1, 0.15) is 38.8 Å². The van der Waals surface area contributed by atoms with E-state index in [1.165, 1.54) is 0 Å². The summed E-state index contributed by atoms with van der Waals surface area (Å²) in [6.07, 6.45) is 1.01. The lowest BCUT2D eigenvalue weighted by molar-refractivity contribution is 0.188. The molecule has 15 heavy (non-hydrogen) atoms. The second-order valence-corrected chi connectivity index (χ2v) is 4.24. The lowest BCUT2D eigenvalue weighted by Crippen LogP contribution is -2.30. The Morgan fingerprint density at radius 3 is 2.33 bits per heavy atom. The minimum Gasteiger partial charge on any atom is -0.508 e. The van der Waals surface area contributed by atoms with Crippen molar-refractivity contribution in [3.05, 3.63) is 29.8 Å². The van der Waals surface area contributed by atoms with Gasteiger partial charge in [-0.25, -0.2) is 0 Å². The van der Waals surface area contributed by atoms with E-state index >= 15 is 0 Å². The summed E-state index contributed by atoms with van der Waals surface area (Å²) in [6, 6.07) is 8.38. The zero-order valence-corrected chi connectivity index (χ0v) is 10.1. The average Bonchev–Trinajstić information content (AvgIpc) is 2.21. The number of benzene rings is 1. The SMILES string of the molecule is CCC(c1ccccc1O)N(C)C(C)C. The van der Waals surface area contributed by atoms with Crippen molar-refractivity contribution < 1.29 is 5.11 Å². The van der Waals surface area contributed by atoms with Crippen LogP contribution in [0.3, 0.4) is 0 Å². The monoisotopic (exact) mass is 207 g/mol. The molecule has 1 aromatic carbocycles. The van der Waals surface area contributed by atoms with Gasteiger partial charge in [0.05, 0.1) is 0 Å². The van der Waals surface area contributed by atoms with Crippen molar-refractivity contribution in [2.75, 3.05) is 7.05 Å². The zero-order valence-electron chi connectivity index (χ0n) is 10.1. The molecule has 2 heteroatoms. The van der Waals surface area contributed by atoms with Crippen LogP contribution in [0, 0.1) is 0 Å². The molecule has 0 aliphatic carbocycles. The largest absolute Gasteiger partial charge is 0.508 e. The summed E-state index contributed by atoms with van der Waals surface area (Å²) in [5.41, 5.74) is 1.02. The molecular formula is C13H21NO. The van der Waals surface area contributed by atoms with E-state index in [1.54, 1.807) is 6.07 Å². The molecule has 1 N–H and O–H groups in total. The molecule has 0 aromatic heterocycles. The van der Waals surface area contributed by atoms with E-state index in [4.69, 9.17) is 0 Å². The third kappa shape index (κ3) is 2.72. The fraction of sp³-hybridized carbons (Fsp3) is 0.538. The third-order valence-corrected chi connectivity index (χ3v) is 2.99. The van der Waals surface area contributed by atoms with Gasteiger partial charge in [-0.3, -0.25) is 4.90 Å². The maximum Gasteiger partial charge on any atom is 0.120 e. The van der Waals surface area contributed by atoms with E-state index in [0.29, 0.717) is 17.8 Å². The molecule has 0 spiro atoms. The lowest BCUT2D eigenvalue weighted by Gasteiger charge is -2.31. The standard InChI is InChI=1S/C13H21NO/c1-5-12(14(4)10(2)3)11-8-6-7-9-13(11)15/h6-10,12,15H,5H2,1-4H3. The van der Waals surface area contributed by atoms with Gasteiger partial charge >= 0.3 is 0 Å².